The molecule has 1 unspecified atom stereocenters. The molecule has 1 heterocycles. The van der Waals surface area contributed by atoms with E-state index in [9.17, 15) is 0 Å². The highest BCUT2D eigenvalue weighted by atomic mass is 16.5. The van der Waals surface area contributed by atoms with Gasteiger partial charge in [-0.15, -0.1) is 0 Å². The molecular formula is C11H22N6O. The van der Waals surface area contributed by atoms with Gasteiger partial charge in [-0.05, 0) is 27.9 Å². The van der Waals surface area contributed by atoms with Gasteiger partial charge in [-0.3, -0.25) is 0 Å². The zero-order chi connectivity index (χ0) is 13.5. The van der Waals surface area contributed by atoms with Crippen LogP contribution in [0.25, 0.3) is 0 Å². The Labute approximate surface area is 108 Å². The van der Waals surface area contributed by atoms with Crippen LogP contribution in [0.4, 0.5) is 11.9 Å². The first-order chi connectivity index (χ1) is 8.55. The molecular weight excluding hydrogens is 232 g/mol. The van der Waals surface area contributed by atoms with Crippen LogP contribution < -0.4 is 15.4 Å². The van der Waals surface area contributed by atoms with E-state index in [0.29, 0.717) is 24.5 Å². The summed E-state index contributed by atoms with van der Waals surface area (Å²) < 4.78 is 5.30. The summed E-state index contributed by atoms with van der Waals surface area (Å²) in [5, 5.41) is 6.11. The number of nitrogens with one attached hydrogen (secondary N) is 2. The lowest BCUT2D eigenvalue weighted by Crippen LogP contribution is -2.30. The van der Waals surface area contributed by atoms with E-state index in [1.54, 1.807) is 7.05 Å². The van der Waals surface area contributed by atoms with E-state index in [4.69, 9.17) is 4.74 Å². The molecule has 0 aliphatic rings. The molecule has 0 aromatic carbocycles. The maximum absolute atomic E-state index is 5.30. The van der Waals surface area contributed by atoms with Crippen LogP contribution in [0, 0.1) is 0 Å². The summed E-state index contributed by atoms with van der Waals surface area (Å²) in [6.07, 6.45) is 0. The molecule has 1 aromatic rings. The van der Waals surface area contributed by atoms with Crippen LogP contribution in [-0.4, -0.2) is 60.2 Å². The number of aromatic nitrogens is 3. The monoisotopic (exact) mass is 254 g/mol. The van der Waals surface area contributed by atoms with Crippen molar-refractivity contribution in [1.29, 1.82) is 0 Å². The normalized spacial score (nSPS) is 12.3. The molecule has 7 nitrogen and oxygen atoms in total. The quantitative estimate of drug-likeness (QED) is 0.740. The van der Waals surface area contributed by atoms with Gasteiger partial charge in [-0.1, -0.05) is 0 Å². The molecule has 2 N–H and O–H groups in total. The Bertz CT molecular complexity index is 371. The van der Waals surface area contributed by atoms with E-state index in [1.807, 2.05) is 21.0 Å². The predicted molar refractivity (Wildman–Crippen MR) is 72.2 cm³/mol. The first kappa shape index (κ1) is 14.4. The molecule has 0 aliphatic carbocycles. The van der Waals surface area contributed by atoms with Crippen molar-refractivity contribution >= 4 is 11.9 Å². The van der Waals surface area contributed by atoms with Crippen LogP contribution in [-0.2, 0) is 0 Å². The standard InChI is InChI=1S/C11H22N6O/c1-6-18-11-15-9(12-3)14-10(16-11)13-8(2)7-17(4)5/h8H,6-7H2,1-5H3,(H2,12,13,14,15,16). The second-order valence-electron chi connectivity index (χ2n) is 4.26. The van der Waals surface area contributed by atoms with Gasteiger partial charge in [0.1, 0.15) is 0 Å². The highest BCUT2D eigenvalue weighted by Gasteiger charge is 2.09. The molecule has 18 heavy (non-hydrogen) atoms. The van der Waals surface area contributed by atoms with Crippen LogP contribution in [0.3, 0.4) is 0 Å². The number of rotatable bonds is 7. The van der Waals surface area contributed by atoms with Crippen molar-refractivity contribution in [1.82, 2.24) is 19.9 Å². The first-order valence-corrected chi connectivity index (χ1v) is 6.03. The molecule has 0 radical (unpaired) electrons. The highest BCUT2D eigenvalue weighted by molar-refractivity contribution is 5.36. The summed E-state index contributed by atoms with van der Waals surface area (Å²) in [4.78, 5) is 14.6. The third kappa shape index (κ3) is 4.70. The molecule has 1 atom stereocenters. The van der Waals surface area contributed by atoms with Crippen molar-refractivity contribution < 1.29 is 4.74 Å². The molecule has 1 rings (SSSR count). The molecule has 0 spiro atoms. The van der Waals surface area contributed by atoms with Crippen molar-refractivity contribution in [2.24, 2.45) is 0 Å². The van der Waals surface area contributed by atoms with Crippen LogP contribution in [0.1, 0.15) is 13.8 Å². The summed E-state index contributed by atoms with van der Waals surface area (Å²) >= 11 is 0. The van der Waals surface area contributed by atoms with E-state index >= 15 is 0 Å². The van der Waals surface area contributed by atoms with Crippen molar-refractivity contribution in [2.45, 2.75) is 19.9 Å². The van der Waals surface area contributed by atoms with E-state index in [-0.39, 0.29) is 6.04 Å². The molecule has 0 bridgehead atoms. The number of anilines is 2. The Kier molecular flexibility index (Phi) is 5.57. The molecule has 102 valence electrons. The fourth-order valence-electron chi connectivity index (χ4n) is 1.54. The SMILES string of the molecule is CCOc1nc(NC)nc(NC(C)CN(C)C)n1. The van der Waals surface area contributed by atoms with Gasteiger partial charge in [0.25, 0.3) is 0 Å². The van der Waals surface area contributed by atoms with E-state index in [0.717, 1.165) is 6.54 Å². The van der Waals surface area contributed by atoms with Gasteiger partial charge in [-0.2, -0.15) is 15.0 Å². The summed E-state index contributed by atoms with van der Waals surface area (Å²) in [5.41, 5.74) is 0. The van der Waals surface area contributed by atoms with Crippen molar-refractivity contribution in [2.75, 3.05) is 44.9 Å². The second kappa shape index (κ2) is 6.95. The fourth-order valence-corrected chi connectivity index (χ4v) is 1.54. The molecule has 0 saturated heterocycles. The Balaban J connectivity index is 2.77. The predicted octanol–water partition coefficient (Wildman–Crippen LogP) is 0.674. The van der Waals surface area contributed by atoms with E-state index in [2.05, 4.69) is 37.4 Å². The molecule has 0 amide bonds. The number of ether oxygens (including phenoxy) is 1. The van der Waals surface area contributed by atoms with Crippen molar-refractivity contribution in [3.05, 3.63) is 0 Å². The third-order valence-corrected chi connectivity index (χ3v) is 2.13. The van der Waals surface area contributed by atoms with Crippen LogP contribution >= 0.6 is 0 Å². The second-order valence-corrected chi connectivity index (χ2v) is 4.26. The Hall–Kier alpha value is -1.63. The molecule has 0 saturated carbocycles. The zero-order valence-corrected chi connectivity index (χ0v) is 11.7. The smallest absolute Gasteiger partial charge is 0.323 e. The number of hydrogen-bond donors (Lipinski definition) is 2. The largest absolute Gasteiger partial charge is 0.464 e. The van der Waals surface area contributed by atoms with Crippen LogP contribution in [0.15, 0.2) is 0 Å². The van der Waals surface area contributed by atoms with Gasteiger partial charge in [0.05, 0.1) is 6.61 Å². The summed E-state index contributed by atoms with van der Waals surface area (Å²) in [6.45, 7) is 5.39. The molecule has 0 aliphatic heterocycles. The highest BCUT2D eigenvalue weighted by Crippen LogP contribution is 2.11. The minimum absolute atomic E-state index is 0.238. The van der Waals surface area contributed by atoms with Gasteiger partial charge in [0.2, 0.25) is 11.9 Å². The maximum atomic E-state index is 5.30. The van der Waals surface area contributed by atoms with Gasteiger partial charge in [-0.25, -0.2) is 0 Å². The number of nitrogens with zero attached hydrogens (tertiary/aromatic N) is 4. The lowest BCUT2D eigenvalue weighted by Gasteiger charge is -2.18. The number of likely N-dealkylation sites (N-methyl/N-ethyl adjacent to an activating group) is 1. The number of hydrogen-bond acceptors (Lipinski definition) is 7. The maximum Gasteiger partial charge on any atom is 0.323 e. The Morgan fingerprint density at radius 1 is 1.22 bits per heavy atom. The average Bonchev–Trinajstić information content (AvgIpc) is 2.27. The zero-order valence-electron chi connectivity index (χ0n) is 11.7. The van der Waals surface area contributed by atoms with E-state index < -0.39 is 0 Å². The van der Waals surface area contributed by atoms with Gasteiger partial charge < -0.3 is 20.3 Å². The minimum Gasteiger partial charge on any atom is -0.464 e. The summed E-state index contributed by atoms with van der Waals surface area (Å²) in [6, 6.07) is 0.568. The third-order valence-electron chi connectivity index (χ3n) is 2.13. The molecule has 7 heteroatoms. The van der Waals surface area contributed by atoms with Gasteiger partial charge >= 0.3 is 6.01 Å². The lowest BCUT2D eigenvalue weighted by molar-refractivity contribution is 0.312. The Morgan fingerprint density at radius 2 is 1.89 bits per heavy atom. The average molecular weight is 254 g/mol. The van der Waals surface area contributed by atoms with Crippen molar-refractivity contribution in [3.8, 4) is 6.01 Å². The van der Waals surface area contributed by atoms with Gasteiger partial charge in [0, 0.05) is 19.6 Å². The minimum atomic E-state index is 0.238. The van der Waals surface area contributed by atoms with E-state index in [1.165, 1.54) is 0 Å². The first-order valence-electron chi connectivity index (χ1n) is 6.03. The van der Waals surface area contributed by atoms with Gasteiger partial charge in [0.15, 0.2) is 0 Å². The van der Waals surface area contributed by atoms with Crippen LogP contribution in [0.2, 0.25) is 0 Å². The topological polar surface area (TPSA) is 75.2 Å². The molecule has 0 fully saturated rings. The fraction of sp³-hybridized carbons (Fsp3) is 0.727. The van der Waals surface area contributed by atoms with Crippen molar-refractivity contribution in [3.63, 3.8) is 0 Å². The molecule has 1 aromatic heterocycles. The lowest BCUT2D eigenvalue weighted by atomic mass is 10.3. The summed E-state index contributed by atoms with van der Waals surface area (Å²) in [7, 11) is 5.81. The van der Waals surface area contributed by atoms with Crippen LogP contribution in [0.5, 0.6) is 6.01 Å². The Morgan fingerprint density at radius 3 is 2.44 bits per heavy atom. The summed E-state index contributed by atoms with van der Waals surface area (Å²) in [5.74, 6) is 1.01.